The Bertz CT molecular complexity index is 252. The van der Waals surface area contributed by atoms with Crippen LogP contribution in [-0.4, -0.2) is 37.1 Å². The van der Waals surface area contributed by atoms with Gasteiger partial charge in [0.1, 0.15) is 5.60 Å². The van der Waals surface area contributed by atoms with Crippen LogP contribution in [0.5, 0.6) is 0 Å². The van der Waals surface area contributed by atoms with Crippen LogP contribution in [0.3, 0.4) is 0 Å². The molecule has 0 unspecified atom stereocenters. The molecule has 0 radical (unpaired) electrons. The third-order valence-corrected chi connectivity index (χ3v) is 1.49. The second kappa shape index (κ2) is 8.00. The molecular formula is C10H18ClNO5. The van der Waals surface area contributed by atoms with Gasteiger partial charge in [-0.1, -0.05) is 11.6 Å². The Hall–Kier alpha value is -1.17. The number of carbonyl (C=O) groups is 2. The van der Waals surface area contributed by atoms with Gasteiger partial charge < -0.3 is 19.5 Å². The van der Waals surface area contributed by atoms with Crippen molar-refractivity contribution < 1.29 is 23.8 Å². The van der Waals surface area contributed by atoms with Gasteiger partial charge in [-0.05, 0) is 27.2 Å². The van der Waals surface area contributed by atoms with Crippen LogP contribution in [0.4, 0.5) is 9.59 Å². The largest absolute Gasteiger partial charge is 0.509 e. The summed E-state index contributed by atoms with van der Waals surface area (Å²) in [5, 5.41) is 2.53. The van der Waals surface area contributed by atoms with E-state index in [0.717, 1.165) is 0 Å². The van der Waals surface area contributed by atoms with Gasteiger partial charge in [-0.25, -0.2) is 9.59 Å². The average Bonchev–Trinajstić information content (AvgIpc) is 2.14. The van der Waals surface area contributed by atoms with Gasteiger partial charge in [-0.2, -0.15) is 0 Å². The van der Waals surface area contributed by atoms with Crippen LogP contribution < -0.4 is 5.32 Å². The Morgan fingerprint density at radius 3 is 2.41 bits per heavy atom. The van der Waals surface area contributed by atoms with Crippen molar-refractivity contribution >= 4 is 23.8 Å². The molecule has 1 amide bonds. The molecule has 0 aliphatic carbocycles. The zero-order valence-electron chi connectivity index (χ0n) is 10.2. The Labute approximate surface area is 106 Å². The van der Waals surface area contributed by atoms with E-state index >= 15 is 0 Å². The maximum absolute atomic E-state index is 11.2. The monoisotopic (exact) mass is 267 g/mol. The number of carbonyl (C=O) groups excluding carboxylic acids is 2. The van der Waals surface area contributed by atoms with Crippen LogP contribution in [0.2, 0.25) is 0 Å². The van der Waals surface area contributed by atoms with E-state index in [-0.39, 0.29) is 12.7 Å². The van der Waals surface area contributed by atoms with E-state index in [0.29, 0.717) is 13.0 Å². The Morgan fingerprint density at radius 1 is 1.24 bits per heavy atom. The van der Waals surface area contributed by atoms with Gasteiger partial charge in [0, 0.05) is 6.54 Å². The van der Waals surface area contributed by atoms with Crippen LogP contribution in [0, 0.1) is 0 Å². The molecule has 0 aliphatic heterocycles. The number of alkyl halides is 1. The molecule has 6 nitrogen and oxygen atoms in total. The minimum Gasteiger partial charge on any atom is -0.444 e. The highest BCUT2D eigenvalue weighted by molar-refractivity contribution is 6.17. The lowest BCUT2D eigenvalue weighted by Gasteiger charge is -2.19. The van der Waals surface area contributed by atoms with Crippen molar-refractivity contribution in [2.75, 3.05) is 19.2 Å². The molecule has 0 aromatic rings. The van der Waals surface area contributed by atoms with E-state index in [1.165, 1.54) is 0 Å². The Balaban J connectivity index is 3.46. The molecule has 0 saturated heterocycles. The van der Waals surface area contributed by atoms with Crippen LogP contribution in [0.1, 0.15) is 27.2 Å². The number of ether oxygens (including phenoxy) is 3. The number of halogens is 1. The highest BCUT2D eigenvalue weighted by atomic mass is 35.5. The van der Waals surface area contributed by atoms with Crippen molar-refractivity contribution in [3.63, 3.8) is 0 Å². The molecule has 0 bridgehead atoms. The summed E-state index contributed by atoms with van der Waals surface area (Å²) in [6.07, 6.45) is -0.852. The third-order valence-electron chi connectivity index (χ3n) is 1.38. The number of amides is 1. The van der Waals surface area contributed by atoms with Gasteiger partial charge >= 0.3 is 12.2 Å². The van der Waals surface area contributed by atoms with Crippen molar-refractivity contribution in [1.29, 1.82) is 0 Å². The van der Waals surface area contributed by atoms with Gasteiger partial charge in [-0.15, -0.1) is 0 Å². The lowest BCUT2D eigenvalue weighted by molar-refractivity contribution is 0.0515. The van der Waals surface area contributed by atoms with Crippen LogP contribution >= 0.6 is 11.6 Å². The molecule has 0 spiro atoms. The average molecular weight is 268 g/mol. The van der Waals surface area contributed by atoms with Crippen LogP contribution in [0.25, 0.3) is 0 Å². The fourth-order valence-electron chi connectivity index (χ4n) is 0.819. The summed E-state index contributed by atoms with van der Waals surface area (Å²) in [5.74, 6) is 0. The second-order valence-electron chi connectivity index (χ2n) is 4.13. The summed E-state index contributed by atoms with van der Waals surface area (Å²) in [7, 11) is 0. The first-order chi connectivity index (χ1) is 7.85. The lowest BCUT2D eigenvalue weighted by Crippen LogP contribution is -2.33. The molecule has 0 aromatic carbocycles. The van der Waals surface area contributed by atoms with Gasteiger partial charge in [0.2, 0.25) is 0 Å². The number of rotatable bonds is 5. The van der Waals surface area contributed by atoms with Crippen molar-refractivity contribution in [2.24, 2.45) is 0 Å². The highest BCUT2D eigenvalue weighted by Gasteiger charge is 2.15. The maximum atomic E-state index is 11.2. The molecule has 0 aromatic heterocycles. The van der Waals surface area contributed by atoms with E-state index in [9.17, 15) is 9.59 Å². The van der Waals surface area contributed by atoms with E-state index in [1.54, 1.807) is 20.8 Å². The zero-order chi connectivity index (χ0) is 13.3. The van der Waals surface area contributed by atoms with Gasteiger partial charge in [0.15, 0.2) is 6.07 Å². The molecule has 17 heavy (non-hydrogen) atoms. The number of nitrogens with one attached hydrogen (secondary N) is 1. The molecule has 0 fully saturated rings. The predicted molar refractivity (Wildman–Crippen MR) is 62.0 cm³/mol. The summed E-state index contributed by atoms with van der Waals surface area (Å²) in [4.78, 5) is 21.9. The lowest BCUT2D eigenvalue weighted by atomic mass is 10.2. The number of alkyl carbamates (subject to hydrolysis) is 1. The molecule has 7 heteroatoms. The fourth-order valence-corrected chi connectivity index (χ4v) is 0.908. The van der Waals surface area contributed by atoms with Gasteiger partial charge in [0.25, 0.3) is 0 Å². The number of hydrogen-bond acceptors (Lipinski definition) is 5. The van der Waals surface area contributed by atoms with E-state index < -0.39 is 17.8 Å². The van der Waals surface area contributed by atoms with Gasteiger partial charge in [0.05, 0.1) is 6.61 Å². The topological polar surface area (TPSA) is 73.9 Å². The van der Waals surface area contributed by atoms with E-state index in [1.807, 2.05) is 0 Å². The Kier molecular flexibility index (Phi) is 7.45. The maximum Gasteiger partial charge on any atom is 0.509 e. The zero-order valence-corrected chi connectivity index (χ0v) is 11.0. The standard InChI is InChI=1S/C10H18ClNO5/c1-10(2,3)17-8(13)12-5-4-6-15-9(14)16-7-11/h4-7H2,1-3H3,(H,12,13). The third kappa shape index (κ3) is 11.1. The SMILES string of the molecule is CC(C)(C)OC(=O)NCCCOC(=O)OCCl. The van der Waals surface area contributed by atoms with E-state index in [4.69, 9.17) is 16.3 Å². The van der Waals surface area contributed by atoms with Crippen LogP contribution in [-0.2, 0) is 14.2 Å². The molecular weight excluding hydrogens is 250 g/mol. The molecule has 0 aliphatic rings. The predicted octanol–water partition coefficient (Wildman–Crippen LogP) is 2.25. The summed E-state index contributed by atoms with van der Waals surface area (Å²) in [6, 6.07) is -0.241. The Morgan fingerprint density at radius 2 is 1.88 bits per heavy atom. The summed E-state index contributed by atoms with van der Waals surface area (Å²) in [5.41, 5.74) is -0.523. The number of hydrogen-bond donors (Lipinski definition) is 1. The summed E-state index contributed by atoms with van der Waals surface area (Å²) < 4.78 is 14.0. The highest BCUT2D eigenvalue weighted by Crippen LogP contribution is 2.06. The normalized spacial score (nSPS) is 10.6. The molecule has 1 N–H and O–H groups in total. The van der Waals surface area contributed by atoms with Crippen molar-refractivity contribution in [1.82, 2.24) is 5.32 Å². The molecule has 0 heterocycles. The summed E-state index contributed by atoms with van der Waals surface area (Å²) in [6.45, 7) is 5.82. The molecule has 0 atom stereocenters. The molecule has 0 saturated carbocycles. The summed E-state index contributed by atoms with van der Waals surface area (Å²) >= 11 is 5.14. The second-order valence-corrected chi connectivity index (χ2v) is 4.35. The van der Waals surface area contributed by atoms with Gasteiger partial charge in [-0.3, -0.25) is 0 Å². The minimum absolute atomic E-state index is 0.144. The van der Waals surface area contributed by atoms with Crippen molar-refractivity contribution in [3.05, 3.63) is 0 Å². The smallest absolute Gasteiger partial charge is 0.444 e. The van der Waals surface area contributed by atoms with E-state index in [2.05, 4.69) is 14.8 Å². The first-order valence-electron chi connectivity index (χ1n) is 5.17. The quantitative estimate of drug-likeness (QED) is 0.470. The fraction of sp³-hybridized carbons (Fsp3) is 0.800. The molecule has 0 rings (SSSR count). The first-order valence-corrected chi connectivity index (χ1v) is 5.71. The van der Waals surface area contributed by atoms with Crippen molar-refractivity contribution in [3.8, 4) is 0 Å². The minimum atomic E-state index is -0.822. The van der Waals surface area contributed by atoms with Crippen molar-refractivity contribution in [2.45, 2.75) is 32.8 Å². The first kappa shape index (κ1) is 15.8. The molecule has 100 valence electrons. The van der Waals surface area contributed by atoms with Crippen LogP contribution in [0.15, 0.2) is 0 Å².